The largest absolute Gasteiger partial charge is 0.496 e. The fourth-order valence-corrected chi connectivity index (χ4v) is 2.80. The van der Waals surface area contributed by atoms with Gasteiger partial charge in [-0.3, -0.25) is 4.79 Å². The van der Waals surface area contributed by atoms with Crippen LogP contribution in [0.4, 0.5) is 0 Å². The van der Waals surface area contributed by atoms with Crippen LogP contribution in [0.25, 0.3) is 0 Å². The molecule has 116 valence electrons. The van der Waals surface area contributed by atoms with Crippen molar-refractivity contribution in [1.82, 2.24) is 0 Å². The Hall–Kier alpha value is -1.27. The van der Waals surface area contributed by atoms with E-state index in [0.717, 1.165) is 6.42 Å². The van der Waals surface area contributed by atoms with E-state index in [1.807, 2.05) is 0 Å². The van der Waals surface area contributed by atoms with Crippen LogP contribution in [0.2, 0.25) is 0 Å². The summed E-state index contributed by atoms with van der Waals surface area (Å²) in [5, 5.41) is 0. The molecule has 1 aromatic carbocycles. The van der Waals surface area contributed by atoms with Crippen molar-refractivity contribution in [1.29, 1.82) is 0 Å². The first-order chi connectivity index (χ1) is 9.90. The molecule has 5 nitrogen and oxygen atoms in total. The van der Waals surface area contributed by atoms with Crippen LogP contribution in [-0.4, -0.2) is 28.1 Å². The molecular weight excluding hydrogens is 316 g/mol. The zero-order valence-corrected chi connectivity index (χ0v) is 13.2. The van der Waals surface area contributed by atoms with Crippen LogP contribution in [-0.2, 0) is 25.0 Å². The number of methoxy groups -OCH3 is 1. The summed E-state index contributed by atoms with van der Waals surface area (Å²) in [6, 6.07) is 4.15. The van der Waals surface area contributed by atoms with E-state index < -0.39 is 15.0 Å². The maximum Gasteiger partial charge on any atom is 0.310 e. The zero-order chi connectivity index (χ0) is 15.5. The molecule has 21 heavy (non-hydrogen) atoms. The van der Waals surface area contributed by atoms with Crippen molar-refractivity contribution < 1.29 is 22.7 Å². The number of hydrogen-bond donors (Lipinski definition) is 0. The Labute approximate surface area is 128 Å². The number of rotatable bonds is 7. The molecule has 0 heterocycles. The first-order valence-corrected chi connectivity index (χ1v) is 8.98. The molecule has 0 spiro atoms. The summed E-state index contributed by atoms with van der Waals surface area (Å²) < 4.78 is 32.9. The first kappa shape index (κ1) is 16.1. The molecule has 0 amide bonds. The number of ether oxygens (including phenoxy) is 2. The Kier molecular flexibility index (Phi) is 5.11. The van der Waals surface area contributed by atoms with Gasteiger partial charge in [0.15, 0.2) is 0 Å². The van der Waals surface area contributed by atoms with Gasteiger partial charge in [-0.05, 0) is 30.5 Å². The molecule has 0 saturated heterocycles. The molecule has 0 bridgehead atoms. The van der Waals surface area contributed by atoms with Crippen LogP contribution in [0.3, 0.4) is 0 Å². The number of carbonyl (C=O) groups is 1. The highest BCUT2D eigenvalue weighted by atomic mass is 35.7. The summed E-state index contributed by atoms with van der Waals surface area (Å²) >= 11 is 0. The predicted octanol–water partition coefficient (Wildman–Crippen LogP) is 2.51. The Balaban J connectivity index is 2.03. The lowest BCUT2D eigenvalue weighted by Gasteiger charge is -2.10. The van der Waals surface area contributed by atoms with E-state index in [4.69, 9.17) is 20.2 Å². The summed E-state index contributed by atoms with van der Waals surface area (Å²) in [6.45, 7) is 0.402. The van der Waals surface area contributed by atoms with Gasteiger partial charge in [-0.25, -0.2) is 8.42 Å². The van der Waals surface area contributed by atoms with Crippen molar-refractivity contribution >= 4 is 25.7 Å². The molecular formula is C14H17ClO5S. The van der Waals surface area contributed by atoms with Gasteiger partial charge in [-0.2, -0.15) is 0 Å². The van der Waals surface area contributed by atoms with Crippen LogP contribution < -0.4 is 4.74 Å². The standard InChI is InChI=1S/C14H17ClO5S/c1-19-13-5-4-12(21(15,17)18)8-11(13)9-14(16)20-7-6-10-2-3-10/h4-5,8,10H,2-3,6-7,9H2,1H3. The lowest BCUT2D eigenvalue weighted by molar-refractivity contribution is -0.143. The first-order valence-electron chi connectivity index (χ1n) is 6.67. The minimum absolute atomic E-state index is 0.0475. The third kappa shape index (κ3) is 4.89. The fourth-order valence-electron chi connectivity index (χ4n) is 2.00. The topological polar surface area (TPSA) is 69.7 Å². The molecule has 0 atom stereocenters. The summed E-state index contributed by atoms with van der Waals surface area (Å²) in [5.74, 6) is 0.716. The van der Waals surface area contributed by atoms with Crippen molar-refractivity contribution in [2.45, 2.75) is 30.6 Å². The maximum atomic E-state index is 11.8. The van der Waals surface area contributed by atoms with Gasteiger partial charge >= 0.3 is 5.97 Å². The molecule has 1 aliphatic rings. The Morgan fingerprint density at radius 3 is 2.67 bits per heavy atom. The minimum atomic E-state index is -3.84. The molecule has 7 heteroatoms. The normalized spacial score (nSPS) is 14.8. The molecule has 1 aromatic rings. The molecule has 0 radical (unpaired) electrons. The highest BCUT2D eigenvalue weighted by Gasteiger charge is 2.21. The molecule has 0 aliphatic heterocycles. The van der Waals surface area contributed by atoms with E-state index in [0.29, 0.717) is 23.8 Å². The average Bonchev–Trinajstić information content (AvgIpc) is 3.21. The van der Waals surface area contributed by atoms with Gasteiger partial charge in [0.05, 0.1) is 25.0 Å². The Morgan fingerprint density at radius 2 is 2.10 bits per heavy atom. The van der Waals surface area contributed by atoms with Crippen molar-refractivity contribution in [2.24, 2.45) is 5.92 Å². The molecule has 1 aliphatic carbocycles. The van der Waals surface area contributed by atoms with Crippen LogP contribution in [0.15, 0.2) is 23.1 Å². The fraction of sp³-hybridized carbons (Fsp3) is 0.500. The highest BCUT2D eigenvalue weighted by molar-refractivity contribution is 8.13. The van der Waals surface area contributed by atoms with Crippen molar-refractivity contribution in [3.8, 4) is 5.75 Å². The third-order valence-electron chi connectivity index (χ3n) is 3.35. The number of carbonyl (C=O) groups excluding carboxylic acids is 1. The van der Waals surface area contributed by atoms with E-state index in [-0.39, 0.29) is 11.3 Å². The number of halogens is 1. The molecule has 1 saturated carbocycles. The molecule has 0 N–H and O–H groups in total. The van der Waals surface area contributed by atoms with E-state index in [1.165, 1.54) is 38.2 Å². The second-order valence-electron chi connectivity index (χ2n) is 5.04. The number of hydrogen-bond acceptors (Lipinski definition) is 5. The zero-order valence-electron chi connectivity index (χ0n) is 11.7. The van der Waals surface area contributed by atoms with E-state index in [1.54, 1.807) is 0 Å². The maximum absolute atomic E-state index is 11.8. The van der Waals surface area contributed by atoms with E-state index in [9.17, 15) is 13.2 Å². The van der Waals surface area contributed by atoms with Gasteiger partial charge < -0.3 is 9.47 Å². The Morgan fingerprint density at radius 1 is 1.38 bits per heavy atom. The lowest BCUT2D eigenvalue weighted by atomic mass is 10.1. The predicted molar refractivity (Wildman–Crippen MR) is 78.0 cm³/mol. The smallest absolute Gasteiger partial charge is 0.310 e. The molecule has 2 rings (SSSR count). The van der Waals surface area contributed by atoms with E-state index in [2.05, 4.69) is 0 Å². The van der Waals surface area contributed by atoms with Crippen LogP contribution in [0.1, 0.15) is 24.8 Å². The van der Waals surface area contributed by atoms with Gasteiger partial charge in [-0.1, -0.05) is 12.8 Å². The van der Waals surface area contributed by atoms with Gasteiger partial charge in [0.25, 0.3) is 9.05 Å². The summed E-state index contributed by atoms with van der Waals surface area (Å²) in [6.07, 6.45) is 3.26. The van der Waals surface area contributed by atoms with E-state index >= 15 is 0 Å². The van der Waals surface area contributed by atoms with Crippen molar-refractivity contribution in [2.75, 3.05) is 13.7 Å². The van der Waals surface area contributed by atoms with Crippen LogP contribution in [0, 0.1) is 5.92 Å². The third-order valence-corrected chi connectivity index (χ3v) is 4.71. The second-order valence-corrected chi connectivity index (χ2v) is 7.61. The number of esters is 1. The highest BCUT2D eigenvalue weighted by Crippen LogP contribution is 2.32. The van der Waals surface area contributed by atoms with Crippen LogP contribution in [0.5, 0.6) is 5.75 Å². The average molecular weight is 333 g/mol. The van der Waals surface area contributed by atoms with Gasteiger partial charge in [-0.15, -0.1) is 0 Å². The molecule has 0 aromatic heterocycles. The second kappa shape index (κ2) is 6.66. The molecule has 0 unspecified atom stereocenters. The summed E-state index contributed by atoms with van der Waals surface area (Å²) in [7, 11) is 2.91. The lowest BCUT2D eigenvalue weighted by Crippen LogP contribution is -2.10. The van der Waals surface area contributed by atoms with Gasteiger partial charge in [0.1, 0.15) is 5.75 Å². The number of benzene rings is 1. The van der Waals surface area contributed by atoms with Gasteiger partial charge in [0.2, 0.25) is 0 Å². The SMILES string of the molecule is COc1ccc(S(=O)(=O)Cl)cc1CC(=O)OCCC1CC1. The summed E-state index contributed by atoms with van der Waals surface area (Å²) in [5.41, 5.74) is 0.440. The van der Waals surface area contributed by atoms with Crippen LogP contribution >= 0.6 is 10.7 Å². The minimum Gasteiger partial charge on any atom is -0.496 e. The van der Waals surface area contributed by atoms with Gasteiger partial charge in [0, 0.05) is 16.2 Å². The quantitative estimate of drug-likeness (QED) is 0.567. The Bertz CT molecular complexity index is 622. The monoisotopic (exact) mass is 332 g/mol. The van der Waals surface area contributed by atoms with Crippen molar-refractivity contribution in [3.05, 3.63) is 23.8 Å². The summed E-state index contributed by atoms with van der Waals surface area (Å²) in [4.78, 5) is 11.7. The molecule has 1 fully saturated rings. The van der Waals surface area contributed by atoms with Crippen molar-refractivity contribution in [3.63, 3.8) is 0 Å².